The minimum absolute atomic E-state index is 0.0558. The van der Waals surface area contributed by atoms with Gasteiger partial charge in [0.25, 0.3) is 0 Å². The summed E-state index contributed by atoms with van der Waals surface area (Å²) in [5, 5.41) is 9.96. The molecule has 0 aliphatic rings. The van der Waals surface area contributed by atoms with Crippen LogP contribution in [0.1, 0.15) is 59.8 Å². The quantitative estimate of drug-likeness (QED) is 0.267. The van der Waals surface area contributed by atoms with Crippen LogP contribution in [0.5, 0.6) is 0 Å². The van der Waals surface area contributed by atoms with Gasteiger partial charge in [0.1, 0.15) is 11.7 Å². The number of hydrogen-bond donors (Lipinski definition) is 1. The average molecular weight is 525 g/mol. The lowest BCUT2D eigenvalue weighted by molar-refractivity contribution is -0.120. The lowest BCUT2D eigenvalue weighted by Crippen LogP contribution is -2.30. The smallest absolute Gasteiger partial charge is 0.233 e. The number of sulfonamides is 1. The van der Waals surface area contributed by atoms with Crippen molar-refractivity contribution in [3.05, 3.63) is 65.0 Å². The van der Waals surface area contributed by atoms with Gasteiger partial charge < -0.3 is 9.30 Å². The molecule has 0 spiro atoms. The number of aromatic nitrogens is 2. The van der Waals surface area contributed by atoms with Gasteiger partial charge in [-0.15, -0.1) is 0 Å². The van der Waals surface area contributed by atoms with Crippen molar-refractivity contribution in [2.75, 3.05) is 12.9 Å². The zero-order valence-electron chi connectivity index (χ0n) is 21.4. The molecule has 2 aromatic heterocycles. The molecule has 37 heavy (non-hydrogen) atoms. The Hall–Kier alpha value is -3.55. The Labute approximate surface area is 217 Å². The molecule has 3 rings (SSSR count). The highest BCUT2D eigenvalue weighted by Gasteiger charge is 2.24. The van der Waals surface area contributed by atoms with E-state index in [1.54, 1.807) is 13.0 Å². The summed E-state index contributed by atoms with van der Waals surface area (Å²) in [6.45, 7) is 2.86. The normalized spacial score (nSPS) is 12.3. The number of carbonyl (C=O) groups excluding carboxylic acids is 2. The molecular weight excluding hydrogens is 492 g/mol. The fraction of sp³-hybridized carbons (Fsp3) is 0.407. The van der Waals surface area contributed by atoms with Gasteiger partial charge in [0.2, 0.25) is 15.9 Å². The Morgan fingerprint density at radius 2 is 1.92 bits per heavy atom. The molecule has 0 aliphatic heterocycles. The van der Waals surface area contributed by atoms with Crippen LogP contribution in [0.2, 0.25) is 0 Å². The predicted molar refractivity (Wildman–Crippen MR) is 140 cm³/mol. The summed E-state index contributed by atoms with van der Waals surface area (Å²) in [4.78, 5) is 29.9. The number of unbranched alkanes of at least 4 members (excludes halogenated alkanes) is 1. The summed E-state index contributed by atoms with van der Waals surface area (Å²) < 4.78 is 32.2. The molecule has 1 amide bonds. The summed E-state index contributed by atoms with van der Waals surface area (Å²) in [6.07, 6.45) is 4.57. The third kappa shape index (κ3) is 7.97. The molecule has 9 nitrogen and oxygen atoms in total. The monoisotopic (exact) mass is 524 g/mol. The number of ketones is 1. The fourth-order valence-electron chi connectivity index (χ4n) is 4.34. The number of amides is 1. The van der Waals surface area contributed by atoms with E-state index in [1.807, 2.05) is 46.7 Å². The summed E-state index contributed by atoms with van der Waals surface area (Å²) in [5.41, 5.74) is 3.40. The first-order valence-electron chi connectivity index (χ1n) is 12.1. The first-order valence-corrected chi connectivity index (χ1v) is 14.0. The Morgan fingerprint density at radius 1 is 1.19 bits per heavy atom. The van der Waals surface area contributed by atoms with E-state index in [9.17, 15) is 23.3 Å². The van der Waals surface area contributed by atoms with E-state index in [2.05, 4.69) is 11.1 Å². The number of hydrogen-bond acceptors (Lipinski definition) is 7. The molecule has 0 saturated carbocycles. The highest BCUT2D eigenvalue weighted by Crippen LogP contribution is 2.29. The van der Waals surface area contributed by atoms with E-state index in [0.717, 1.165) is 30.4 Å². The Bertz CT molecular complexity index is 1410. The van der Waals surface area contributed by atoms with E-state index < -0.39 is 15.9 Å². The average Bonchev–Trinajstić information content (AvgIpc) is 3.11. The van der Waals surface area contributed by atoms with Crippen molar-refractivity contribution < 1.29 is 22.7 Å². The SMILES string of the molecule is CC(CC(=O)NS(C)(=O)=O)CC(=O)c1c(CCCCOCc2ccccc2)n(C)c2ncc(C#N)cc12. The second-order valence-electron chi connectivity index (χ2n) is 9.32. The van der Waals surface area contributed by atoms with E-state index in [0.29, 0.717) is 41.8 Å². The van der Waals surface area contributed by atoms with Crippen molar-refractivity contribution in [3.8, 4) is 6.07 Å². The summed E-state index contributed by atoms with van der Waals surface area (Å²) in [5.74, 6) is -1.20. The van der Waals surface area contributed by atoms with Crippen LogP contribution < -0.4 is 4.72 Å². The zero-order chi connectivity index (χ0) is 27.0. The van der Waals surface area contributed by atoms with Crippen LogP contribution in [0.3, 0.4) is 0 Å². The minimum atomic E-state index is -3.66. The summed E-state index contributed by atoms with van der Waals surface area (Å²) in [7, 11) is -1.81. The Balaban J connectivity index is 1.72. The van der Waals surface area contributed by atoms with Crippen molar-refractivity contribution in [2.24, 2.45) is 13.0 Å². The van der Waals surface area contributed by atoms with Gasteiger partial charge in [-0.25, -0.2) is 13.4 Å². The van der Waals surface area contributed by atoms with Crippen LogP contribution >= 0.6 is 0 Å². The third-order valence-corrected chi connectivity index (χ3v) is 6.58. The lowest BCUT2D eigenvalue weighted by Gasteiger charge is -2.12. The highest BCUT2D eigenvalue weighted by molar-refractivity contribution is 7.89. The Morgan fingerprint density at radius 3 is 2.59 bits per heavy atom. The lowest BCUT2D eigenvalue weighted by atomic mass is 9.94. The number of aryl methyl sites for hydroxylation is 1. The number of pyridine rings is 1. The molecule has 2 heterocycles. The van der Waals surface area contributed by atoms with Crippen molar-refractivity contribution in [1.82, 2.24) is 14.3 Å². The molecule has 0 saturated heterocycles. The topological polar surface area (TPSA) is 131 Å². The Kier molecular flexibility index (Phi) is 9.55. The molecule has 0 fully saturated rings. The molecule has 0 bridgehead atoms. The number of ether oxygens (including phenoxy) is 1. The molecule has 1 atom stereocenters. The third-order valence-electron chi connectivity index (χ3n) is 5.99. The second kappa shape index (κ2) is 12.6. The van der Waals surface area contributed by atoms with Crippen molar-refractivity contribution in [2.45, 2.75) is 45.6 Å². The molecular formula is C27H32N4O5S. The highest BCUT2D eigenvalue weighted by atomic mass is 32.2. The van der Waals surface area contributed by atoms with Gasteiger partial charge in [0, 0.05) is 49.3 Å². The zero-order valence-corrected chi connectivity index (χ0v) is 22.2. The predicted octanol–water partition coefficient (Wildman–Crippen LogP) is 3.66. The van der Waals surface area contributed by atoms with Crippen molar-refractivity contribution in [1.29, 1.82) is 5.26 Å². The number of nitrogens with zero attached hydrogens (tertiary/aromatic N) is 3. The molecule has 0 aliphatic carbocycles. The van der Waals surface area contributed by atoms with Gasteiger partial charge in [0.05, 0.1) is 18.4 Å². The van der Waals surface area contributed by atoms with Crippen LogP contribution in [0.15, 0.2) is 42.6 Å². The van der Waals surface area contributed by atoms with Crippen LogP contribution in [-0.2, 0) is 39.6 Å². The largest absolute Gasteiger partial charge is 0.377 e. The molecule has 10 heteroatoms. The molecule has 3 aromatic rings. The molecule has 1 unspecified atom stereocenters. The molecule has 196 valence electrons. The van der Waals surface area contributed by atoms with Crippen LogP contribution in [0, 0.1) is 17.2 Å². The van der Waals surface area contributed by atoms with Crippen molar-refractivity contribution >= 4 is 32.7 Å². The number of Topliss-reactive ketones (excluding diaryl/α,β-unsaturated/α-hetero) is 1. The van der Waals surface area contributed by atoms with Crippen LogP contribution in [0.25, 0.3) is 11.0 Å². The summed E-state index contributed by atoms with van der Waals surface area (Å²) >= 11 is 0. The van der Waals surface area contributed by atoms with Gasteiger partial charge in [-0.3, -0.25) is 14.3 Å². The number of nitrogens with one attached hydrogen (secondary N) is 1. The molecule has 0 radical (unpaired) electrons. The van der Waals surface area contributed by atoms with E-state index >= 15 is 0 Å². The number of benzene rings is 1. The van der Waals surface area contributed by atoms with Gasteiger partial charge in [-0.2, -0.15) is 5.26 Å². The number of carbonyl (C=O) groups is 2. The van der Waals surface area contributed by atoms with Gasteiger partial charge in [-0.05, 0) is 36.8 Å². The number of fused-ring (bicyclic) bond motifs is 1. The molecule has 1 N–H and O–H groups in total. The molecule has 1 aromatic carbocycles. The maximum Gasteiger partial charge on any atom is 0.233 e. The standard InChI is InChI=1S/C27H32N4O5S/c1-19(14-25(33)30-37(3,34)35)13-24(32)26-22-15-21(16-28)17-29-27(22)31(2)23(26)11-7-8-12-36-18-20-9-5-4-6-10-20/h4-6,9-10,15,17,19H,7-8,11-14,18H2,1-3H3,(H,30,33). The van der Waals surface area contributed by atoms with E-state index in [1.165, 1.54) is 6.20 Å². The first kappa shape index (κ1) is 28.0. The van der Waals surface area contributed by atoms with Gasteiger partial charge in [0.15, 0.2) is 5.78 Å². The van der Waals surface area contributed by atoms with Gasteiger partial charge >= 0.3 is 0 Å². The van der Waals surface area contributed by atoms with Crippen molar-refractivity contribution in [3.63, 3.8) is 0 Å². The van der Waals surface area contributed by atoms with E-state index in [-0.39, 0.29) is 24.5 Å². The number of nitriles is 1. The summed E-state index contributed by atoms with van der Waals surface area (Å²) in [6, 6.07) is 13.7. The van der Waals surface area contributed by atoms with E-state index in [4.69, 9.17) is 4.74 Å². The maximum absolute atomic E-state index is 13.5. The van der Waals surface area contributed by atoms with Crippen LogP contribution in [0.4, 0.5) is 0 Å². The first-order chi connectivity index (χ1) is 17.6. The second-order valence-corrected chi connectivity index (χ2v) is 11.1. The number of rotatable bonds is 13. The van der Waals surface area contributed by atoms with Gasteiger partial charge in [-0.1, -0.05) is 37.3 Å². The maximum atomic E-state index is 13.5. The minimum Gasteiger partial charge on any atom is -0.377 e. The van der Waals surface area contributed by atoms with Crippen LogP contribution in [-0.4, -0.2) is 42.5 Å². The fourth-order valence-corrected chi connectivity index (χ4v) is 4.84.